The van der Waals surface area contributed by atoms with Gasteiger partial charge in [-0.2, -0.15) is 0 Å². The van der Waals surface area contributed by atoms with Crippen LogP contribution in [-0.2, 0) is 11.2 Å². The second-order valence-corrected chi connectivity index (χ2v) is 6.49. The van der Waals surface area contributed by atoms with E-state index in [0.29, 0.717) is 17.6 Å². The van der Waals surface area contributed by atoms with Crippen molar-refractivity contribution in [2.24, 2.45) is 5.92 Å². The van der Waals surface area contributed by atoms with E-state index < -0.39 is 0 Å². The summed E-state index contributed by atoms with van der Waals surface area (Å²) in [4.78, 5) is 25.0. The van der Waals surface area contributed by atoms with Gasteiger partial charge < -0.3 is 5.11 Å². The molecule has 0 spiro atoms. The summed E-state index contributed by atoms with van der Waals surface area (Å²) in [6.07, 6.45) is 5.27. The first kappa shape index (κ1) is 25.0. The zero-order valence-corrected chi connectivity index (χ0v) is 18.3. The lowest BCUT2D eigenvalue weighted by Gasteiger charge is -2.21. The van der Waals surface area contributed by atoms with Gasteiger partial charge in [0.15, 0.2) is 0 Å². The molecule has 0 heterocycles. The number of aryl methyl sites for hydroxylation is 1. The molecule has 0 radical (unpaired) electrons. The number of ketones is 2. The highest BCUT2D eigenvalue weighted by Gasteiger charge is 2.31. The van der Waals surface area contributed by atoms with Crippen molar-refractivity contribution in [1.82, 2.24) is 0 Å². The predicted molar refractivity (Wildman–Crippen MR) is 115 cm³/mol. The van der Waals surface area contributed by atoms with Gasteiger partial charge in [0.1, 0.15) is 0 Å². The van der Waals surface area contributed by atoms with Crippen molar-refractivity contribution in [3.05, 3.63) is 51.6 Å². The standard InChI is InChI=1S/C20H24O3.2C2H6/c1-12(2)17-10-15-9-8-14(4)16(7-5-6-13(3)11-21)18(15)20(23)19(17)22;2*1-2/h6,8-10,12,21H,5,7,11H2,1-4H3;2*1-2H3/b13-6+;;. The number of Topliss-reactive ketones (excluding diaryl/α,β-unsaturated/α-hetero) is 2. The Kier molecular flexibility index (Phi) is 11.5. The van der Waals surface area contributed by atoms with E-state index in [2.05, 4.69) is 0 Å². The molecular formula is C24H36O3. The number of benzene rings is 1. The lowest BCUT2D eigenvalue weighted by molar-refractivity contribution is -0.112. The van der Waals surface area contributed by atoms with Gasteiger partial charge in [-0.05, 0) is 55.4 Å². The molecule has 0 unspecified atom stereocenters. The summed E-state index contributed by atoms with van der Waals surface area (Å²) in [5, 5.41) is 9.06. The van der Waals surface area contributed by atoms with E-state index in [-0.39, 0.29) is 24.1 Å². The predicted octanol–water partition coefficient (Wildman–Crippen LogP) is 5.72. The number of carbonyl (C=O) groups is 2. The highest BCUT2D eigenvalue weighted by Crippen LogP contribution is 2.30. The van der Waals surface area contributed by atoms with Gasteiger partial charge in [0.05, 0.1) is 6.61 Å². The van der Waals surface area contributed by atoms with Crippen LogP contribution in [0.3, 0.4) is 0 Å². The average Bonchev–Trinajstić information content (AvgIpc) is 2.68. The number of carbonyl (C=O) groups excluding carboxylic acids is 2. The van der Waals surface area contributed by atoms with Crippen LogP contribution in [0.5, 0.6) is 0 Å². The van der Waals surface area contributed by atoms with Crippen molar-refractivity contribution >= 4 is 17.6 Å². The minimum Gasteiger partial charge on any atom is -0.392 e. The van der Waals surface area contributed by atoms with Gasteiger partial charge in [0, 0.05) is 11.1 Å². The first-order chi connectivity index (χ1) is 12.9. The van der Waals surface area contributed by atoms with E-state index in [1.54, 1.807) is 0 Å². The molecular weight excluding hydrogens is 336 g/mol. The van der Waals surface area contributed by atoms with E-state index in [1.165, 1.54) is 0 Å². The number of hydrogen-bond acceptors (Lipinski definition) is 3. The minimum absolute atomic E-state index is 0.0412. The summed E-state index contributed by atoms with van der Waals surface area (Å²) in [7, 11) is 0. The van der Waals surface area contributed by atoms with Crippen molar-refractivity contribution in [2.75, 3.05) is 6.61 Å². The lowest BCUT2D eigenvalue weighted by atomic mass is 9.81. The van der Waals surface area contributed by atoms with Crippen LogP contribution in [0.25, 0.3) is 6.08 Å². The molecule has 0 aromatic heterocycles. The quantitative estimate of drug-likeness (QED) is 0.531. The first-order valence-electron chi connectivity index (χ1n) is 10.1. The molecule has 0 atom stereocenters. The molecule has 0 fully saturated rings. The molecule has 0 saturated heterocycles. The summed E-state index contributed by atoms with van der Waals surface area (Å²) in [5.74, 6) is -0.714. The molecule has 1 N–H and O–H groups in total. The Hall–Kier alpha value is -2.00. The maximum atomic E-state index is 12.6. The Balaban J connectivity index is 0.00000158. The SMILES string of the molecule is C/C(=C\CCc1c(C)ccc2c1C(=O)C(=O)C(C(C)C)=C2)CO.CC.CC. The van der Waals surface area contributed by atoms with Gasteiger partial charge in [-0.15, -0.1) is 0 Å². The summed E-state index contributed by atoms with van der Waals surface area (Å²) in [6, 6.07) is 3.93. The van der Waals surface area contributed by atoms with E-state index in [1.807, 2.05) is 79.7 Å². The summed E-state index contributed by atoms with van der Waals surface area (Å²) in [5.41, 5.74) is 4.89. The molecule has 2 rings (SSSR count). The maximum Gasteiger partial charge on any atom is 0.234 e. The molecule has 1 aliphatic rings. The zero-order chi connectivity index (χ0) is 21.1. The summed E-state index contributed by atoms with van der Waals surface area (Å²) >= 11 is 0. The van der Waals surface area contributed by atoms with Crippen LogP contribution in [0.2, 0.25) is 0 Å². The lowest BCUT2D eigenvalue weighted by Crippen LogP contribution is -2.25. The Bertz CT molecular complexity index is 707. The number of aliphatic hydroxyl groups is 1. The van der Waals surface area contributed by atoms with Crippen LogP contribution in [-0.4, -0.2) is 23.3 Å². The van der Waals surface area contributed by atoms with Crippen LogP contribution in [0.15, 0.2) is 29.4 Å². The molecule has 27 heavy (non-hydrogen) atoms. The third kappa shape index (κ3) is 6.28. The zero-order valence-electron chi connectivity index (χ0n) is 18.3. The number of fused-ring (bicyclic) bond motifs is 1. The number of hydrogen-bond donors (Lipinski definition) is 1. The van der Waals surface area contributed by atoms with Gasteiger partial charge >= 0.3 is 0 Å². The van der Waals surface area contributed by atoms with Gasteiger partial charge in [0.25, 0.3) is 0 Å². The van der Waals surface area contributed by atoms with Crippen molar-refractivity contribution in [2.45, 2.75) is 68.2 Å². The number of aliphatic hydroxyl groups excluding tert-OH is 1. The highest BCUT2D eigenvalue weighted by atomic mass is 16.3. The number of allylic oxidation sites excluding steroid dienone is 2. The fourth-order valence-electron chi connectivity index (χ4n) is 2.91. The molecule has 1 aliphatic carbocycles. The van der Waals surface area contributed by atoms with Crippen molar-refractivity contribution in [3.63, 3.8) is 0 Å². The fraction of sp³-hybridized carbons (Fsp3) is 0.500. The summed E-state index contributed by atoms with van der Waals surface area (Å²) < 4.78 is 0. The molecule has 1 aromatic rings. The molecule has 150 valence electrons. The van der Waals surface area contributed by atoms with Crippen LogP contribution < -0.4 is 0 Å². The minimum atomic E-state index is -0.382. The normalized spacial score (nSPS) is 13.3. The van der Waals surface area contributed by atoms with E-state index >= 15 is 0 Å². The Morgan fingerprint density at radius 2 is 1.67 bits per heavy atom. The molecule has 0 bridgehead atoms. The molecule has 3 nitrogen and oxygen atoms in total. The highest BCUT2D eigenvalue weighted by molar-refractivity contribution is 6.52. The van der Waals surface area contributed by atoms with E-state index in [0.717, 1.165) is 28.7 Å². The maximum absolute atomic E-state index is 12.6. The van der Waals surface area contributed by atoms with Gasteiger partial charge in [-0.25, -0.2) is 0 Å². The Morgan fingerprint density at radius 3 is 2.19 bits per heavy atom. The van der Waals surface area contributed by atoms with Crippen LogP contribution in [0, 0.1) is 12.8 Å². The van der Waals surface area contributed by atoms with Crippen LogP contribution in [0.1, 0.15) is 81.9 Å². The largest absolute Gasteiger partial charge is 0.392 e. The monoisotopic (exact) mass is 372 g/mol. The summed E-state index contributed by atoms with van der Waals surface area (Å²) in [6.45, 7) is 15.8. The molecule has 0 amide bonds. The Labute approximate surface area is 165 Å². The average molecular weight is 373 g/mol. The van der Waals surface area contributed by atoms with E-state index in [4.69, 9.17) is 5.11 Å². The van der Waals surface area contributed by atoms with Crippen molar-refractivity contribution in [3.8, 4) is 0 Å². The van der Waals surface area contributed by atoms with E-state index in [9.17, 15) is 9.59 Å². The second kappa shape index (κ2) is 12.4. The second-order valence-electron chi connectivity index (χ2n) is 6.49. The molecule has 1 aromatic carbocycles. The molecule has 0 saturated carbocycles. The van der Waals surface area contributed by atoms with Crippen molar-refractivity contribution < 1.29 is 14.7 Å². The van der Waals surface area contributed by atoms with Crippen LogP contribution in [0.4, 0.5) is 0 Å². The molecule has 3 heteroatoms. The van der Waals surface area contributed by atoms with Gasteiger partial charge in [0.2, 0.25) is 11.6 Å². The van der Waals surface area contributed by atoms with Crippen molar-refractivity contribution in [1.29, 1.82) is 0 Å². The first-order valence-corrected chi connectivity index (χ1v) is 10.1. The van der Waals surface area contributed by atoms with Gasteiger partial charge in [-0.1, -0.05) is 65.3 Å². The fourth-order valence-corrected chi connectivity index (χ4v) is 2.91. The van der Waals surface area contributed by atoms with Crippen LogP contribution >= 0.6 is 0 Å². The third-order valence-electron chi connectivity index (χ3n) is 4.34. The number of rotatable bonds is 5. The topological polar surface area (TPSA) is 54.4 Å². The molecule has 0 aliphatic heterocycles. The Morgan fingerprint density at radius 1 is 1.07 bits per heavy atom. The smallest absolute Gasteiger partial charge is 0.234 e. The van der Waals surface area contributed by atoms with Gasteiger partial charge in [-0.3, -0.25) is 9.59 Å². The third-order valence-corrected chi connectivity index (χ3v) is 4.34.